The molecule has 0 saturated carbocycles. The molecule has 0 radical (unpaired) electrons. The SMILES string of the molecule is O=C(O)c1ccc(C(=O)O)cc1.[Cd]. The topological polar surface area (TPSA) is 74.6 Å². The van der Waals surface area contributed by atoms with Crippen molar-refractivity contribution in [1.82, 2.24) is 0 Å². The van der Waals surface area contributed by atoms with Crippen molar-refractivity contribution in [2.24, 2.45) is 0 Å². The van der Waals surface area contributed by atoms with Crippen molar-refractivity contribution in [2.75, 3.05) is 0 Å². The number of rotatable bonds is 2. The summed E-state index contributed by atoms with van der Waals surface area (Å²) in [6, 6.07) is 5.02. The van der Waals surface area contributed by atoms with E-state index in [9.17, 15) is 9.59 Å². The molecule has 0 aliphatic rings. The van der Waals surface area contributed by atoms with Crippen LogP contribution in [-0.4, -0.2) is 22.2 Å². The molecule has 5 heteroatoms. The molecule has 0 aliphatic heterocycles. The zero-order valence-corrected chi connectivity index (χ0v) is 10.8. The maximum absolute atomic E-state index is 10.3. The molecule has 4 nitrogen and oxygen atoms in total. The first-order valence-corrected chi connectivity index (χ1v) is 3.18. The molecule has 0 fully saturated rings. The summed E-state index contributed by atoms with van der Waals surface area (Å²) in [6.07, 6.45) is 0. The van der Waals surface area contributed by atoms with Gasteiger partial charge in [-0.05, 0) is 24.3 Å². The second-order valence-corrected chi connectivity index (χ2v) is 2.19. The third kappa shape index (κ3) is 3.13. The van der Waals surface area contributed by atoms with Crippen molar-refractivity contribution in [2.45, 2.75) is 0 Å². The first kappa shape index (κ1) is 12.1. The van der Waals surface area contributed by atoms with E-state index in [4.69, 9.17) is 10.2 Å². The minimum absolute atomic E-state index is 0. The molecular weight excluding hydrogens is 272 g/mol. The minimum atomic E-state index is -1.06. The summed E-state index contributed by atoms with van der Waals surface area (Å²) in [5.74, 6) is -2.13. The van der Waals surface area contributed by atoms with Crippen LogP contribution in [-0.2, 0) is 27.3 Å². The molecule has 13 heavy (non-hydrogen) atoms. The number of aromatic carboxylic acids is 2. The Balaban J connectivity index is 0.00000144. The van der Waals surface area contributed by atoms with E-state index in [0.717, 1.165) is 0 Å². The molecule has 1 rings (SSSR count). The predicted octanol–water partition coefficient (Wildman–Crippen LogP) is 1.08. The number of carboxylic acids is 2. The predicted molar refractivity (Wildman–Crippen MR) is 40.4 cm³/mol. The molecule has 0 amide bonds. The fourth-order valence-electron chi connectivity index (χ4n) is 0.755. The van der Waals surface area contributed by atoms with Gasteiger partial charge in [-0.1, -0.05) is 0 Å². The molecule has 64 valence electrons. The third-order valence-corrected chi connectivity index (χ3v) is 1.38. The second kappa shape index (κ2) is 4.95. The van der Waals surface area contributed by atoms with Gasteiger partial charge in [-0.2, -0.15) is 0 Å². The van der Waals surface area contributed by atoms with Crippen molar-refractivity contribution in [3.05, 3.63) is 35.4 Å². The normalized spacial score (nSPS) is 8.62. The van der Waals surface area contributed by atoms with Gasteiger partial charge in [-0.25, -0.2) is 9.59 Å². The van der Waals surface area contributed by atoms with E-state index < -0.39 is 11.9 Å². The van der Waals surface area contributed by atoms with E-state index in [1.54, 1.807) is 0 Å². The van der Waals surface area contributed by atoms with Crippen molar-refractivity contribution in [3.8, 4) is 0 Å². The standard InChI is InChI=1S/C8H6O4.Cd/c9-7(10)5-1-2-6(4-3-5)8(11)12;/h1-4H,(H,9,10)(H,11,12);. The number of benzene rings is 1. The van der Waals surface area contributed by atoms with Gasteiger partial charge in [-0.3, -0.25) is 0 Å². The van der Waals surface area contributed by atoms with Crippen LogP contribution in [0, 0.1) is 0 Å². The Hall–Kier alpha value is -0.918. The molecular formula is C8H6CdO4. The minimum Gasteiger partial charge on any atom is -0.478 e. The summed E-state index contributed by atoms with van der Waals surface area (Å²) in [5.41, 5.74) is 0.167. The van der Waals surface area contributed by atoms with Crippen molar-refractivity contribution < 1.29 is 47.1 Å². The molecule has 0 bridgehead atoms. The molecule has 2 N–H and O–H groups in total. The maximum atomic E-state index is 10.3. The van der Waals surface area contributed by atoms with Crippen LogP contribution in [0.4, 0.5) is 0 Å². The van der Waals surface area contributed by atoms with E-state index in [1.807, 2.05) is 0 Å². The fraction of sp³-hybridized carbons (Fsp3) is 0. The van der Waals surface area contributed by atoms with Crippen LogP contribution >= 0.6 is 0 Å². The molecule has 0 aliphatic carbocycles. The summed E-state index contributed by atoms with van der Waals surface area (Å²) < 4.78 is 0. The average Bonchev–Trinajstić information content (AvgIpc) is 2.04. The van der Waals surface area contributed by atoms with Crippen molar-refractivity contribution in [3.63, 3.8) is 0 Å². The molecule has 0 unspecified atom stereocenters. The Morgan fingerprint density at radius 3 is 1.23 bits per heavy atom. The van der Waals surface area contributed by atoms with Crippen molar-refractivity contribution in [1.29, 1.82) is 0 Å². The first-order valence-electron chi connectivity index (χ1n) is 3.18. The summed E-state index contributed by atoms with van der Waals surface area (Å²) in [7, 11) is 0. The van der Waals surface area contributed by atoms with Crippen LogP contribution in [0.3, 0.4) is 0 Å². The van der Waals surface area contributed by atoms with Gasteiger partial charge in [0.05, 0.1) is 11.1 Å². The number of hydrogen-bond donors (Lipinski definition) is 2. The summed E-state index contributed by atoms with van der Waals surface area (Å²) in [4.78, 5) is 20.7. The smallest absolute Gasteiger partial charge is 0.335 e. The van der Waals surface area contributed by atoms with Crippen LogP contribution in [0.25, 0.3) is 0 Å². The van der Waals surface area contributed by atoms with Gasteiger partial charge in [0.1, 0.15) is 0 Å². The largest absolute Gasteiger partial charge is 0.478 e. The van der Waals surface area contributed by atoms with Crippen LogP contribution < -0.4 is 0 Å². The quantitative estimate of drug-likeness (QED) is 0.794. The molecule has 0 aromatic heterocycles. The molecule has 0 atom stereocenters. The molecule has 0 heterocycles. The van der Waals surface area contributed by atoms with E-state index in [-0.39, 0.29) is 38.4 Å². The summed E-state index contributed by atoms with van der Waals surface area (Å²) in [6.45, 7) is 0. The Morgan fingerprint density at radius 2 is 1.08 bits per heavy atom. The van der Waals surface area contributed by atoms with Gasteiger partial charge in [0.2, 0.25) is 0 Å². The van der Waals surface area contributed by atoms with Gasteiger partial charge in [-0.15, -0.1) is 0 Å². The van der Waals surface area contributed by atoms with Gasteiger partial charge in [0, 0.05) is 27.3 Å². The molecule has 0 saturated heterocycles. The van der Waals surface area contributed by atoms with Crippen LogP contribution in [0.2, 0.25) is 0 Å². The van der Waals surface area contributed by atoms with E-state index in [2.05, 4.69) is 0 Å². The monoisotopic (exact) mass is 280 g/mol. The van der Waals surface area contributed by atoms with E-state index in [1.165, 1.54) is 24.3 Å². The van der Waals surface area contributed by atoms with Crippen molar-refractivity contribution >= 4 is 11.9 Å². The average molecular weight is 279 g/mol. The summed E-state index contributed by atoms with van der Waals surface area (Å²) in [5, 5.41) is 16.9. The van der Waals surface area contributed by atoms with Gasteiger partial charge in [0.25, 0.3) is 0 Å². The van der Waals surface area contributed by atoms with E-state index >= 15 is 0 Å². The van der Waals surface area contributed by atoms with Gasteiger partial charge in [0.15, 0.2) is 0 Å². The fourth-order valence-corrected chi connectivity index (χ4v) is 0.755. The van der Waals surface area contributed by atoms with Crippen LogP contribution in [0.15, 0.2) is 24.3 Å². The zero-order chi connectivity index (χ0) is 9.14. The molecule has 1 aromatic carbocycles. The summed E-state index contributed by atoms with van der Waals surface area (Å²) >= 11 is 0. The third-order valence-electron chi connectivity index (χ3n) is 1.38. The Labute approximate surface area is 94.4 Å². The second-order valence-electron chi connectivity index (χ2n) is 2.19. The molecule has 0 spiro atoms. The first-order chi connectivity index (χ1) is 5.61. The zero-order valence-electron chi connectivity index (χ0n) is 6.73. The van der Waals surface area contributed by atoms with E-state index in [0.29, 0.717) is 0 Å². The van der Waals surface area contributed by atoms with Crippen LogP contribution in [0.5, 0.6) is 0 Å². The Kier molecular flexibility index (Phi) is 4.60. The van der Waals surface area contributed by atoms with Gasteiger partial charge < -0.3 is 10.2 Å². The number of carbonyl (C=O) groups is 2. The molecule has 1 aromatic rings. The Bertz CT molecular complexity index is 284. The Morgan fingerprint density at radius 1 is 0.846 bits per heavy atom. The van der Waals surface area contributed by atoms with Gasteiger partial charge >= 0.3 is 11.9 Å². The number of carboxylic acid groups (broad SMARTS) is 2. The maximum Gasteiger partial charge on any atom is 0.335 e. The number of hydrogen-bond acceptors (Lipinski definition) is 2. The van der Waals surface area contributed by atoms with Crippen LogP contribution in [0.1, 0.15) is 20.7 Å².